The first-order valence-electron chi connectivity index (χ1n) is 9.77. The van der Waals surface area contributed by atoms with E-state index in [2.05, 4.69) is 10.6 Å². The van der Waals surface area contributed by atoms with Gasteiger partial charge in [0.05, 0.1) is 5.02 Å². The Hall–Kier alpha value is -1.37. The van der Waals surface area contributed by atoms with Crippen LogP contribution in [0.2, 0.25) is 5.02 Å². The average molecular weight is 432 g/mol. The Balaban J connectivity index is 0.00000280. The molecule has 0 radical (unpaired) electrons. The van der Waals surface area contributed by atoms with E-state index in [1.807, 2.05) is 4.90 Å². The summed E-state index contributed by atoms with van der Waals surface area (Å²) < 4.78 is 13.2. The number of amides is 2. The van der Waals surface area contributed by atoms with E-state index in [1.165, 1.54) is 18.2 Å². The van der Waals surface area contributed by atoms with Crippen LogP contribution < -0.4 is 10.6 Å². The molecule has 0 unspecified atom stereocenters. The maximum Gasteiger partial charge on any atom is 0.227 e. The fraction of sp³-hybridized carbons (Fsp3) is 0.600. The molecule has 0 aliphatic carbocycles. The molecule has 2 N–H and O–H groups in total. The minimum absolute atomic E-state index is 0. The zero-order valence-electron chi connectivity index (χ0n) is 15.9. The van der Waals surface area contributed by atoms with E-state index in [-0.39, 0.29) is 35.2 Å². The third kappa shape index (κ3) is 6.33. The summed E-state index contributed by atoms with van der Waals surface area (Å²) in [4.78, 5) is 26.7. The number of carbonyl (C=O) groups is 2. The quantitative estimate of drug-likeness (QED) is 0.743. The Bertz CT molecular complexity index is 675. The highest BCUT2D eigenvalue weighted by molar-refractivity contribution is 6.31. The number of nitrogens with zero attached hydrogens (tertiary/aromatic N) is 1. The normalized spacial score (nSPS) is 18.4. The summed E-state index contributed by atoms with van der Waals surface area (Å²) in [7, 11) is 0. The Labute approximate surface area is 176 Å². The van der Waals surface area contributed by atoms with Gasteiger partial charge >= 0.3 is 0 Å². The topological polar surface area (TPSA) is 61.4 Å². The van der Waals surface area contributed by atoms with Crippen LogP contribution in [0, 0.1) is 17.7 Å². The number of rotatable bonds is 5. The highest BCUT2D eigenvalue weighted by atomic mass is 35.5. The maximum atomic E-state index is 13.2. The van der Waals surface area contributed by atoms with Gasteiger partial charge in [-0.05, 0) is 69.3 Å². The fourth-order valence-corrected chi connectivity index (χ4v) is 4.05. The lowest BCUT2D eigenvalue weighted by molar-refractivity contribution is -0.134. The molecule has 0 bridgehead atoms. The van der Waals surface area contributed by atoms with E-state index in [9.17, 15) is 14.0 Å². The van der Waals surface area contributed by atoms with Gasteiger partial charge in [-0.15, -0.1) is 12.4 Å². The van der Waals surface area contributed by atoms with Crippen LogP contribution in [-0.2, 0) is 9.59 Å². The maximum absolute atomic E-state index is 13.2. The van der Waals surface area contributed by atoms with Crippen LogP contribution in [0.3, 0.4) is 0 Å². The molecule has 5 nitrogen and oxygen atoms in total. The van der Waals surface area contributed by atoms with Crippen LogP contribution in [0.1, 0.15) is 38.5 Å². The number of hydrogen-bond donors (Lipinski definition) is 2. The fourth-order valence-electron chi connectivity index (χ4n) is 3.87. The third-order valence-corrected chi connectivity index (χ3v) is 5.92. The van der Waals surface area contributed by atoms with Gasteiger partial charge in [0.15, 0.2) is 0 Å². The second-order valence-corrected chi connectivity index (χ2v) is 7.91. The van der Waals surface area contributed by atoms with Crippen LogP contribution in [0.5, 0.6) is 0 Å². The third-order valence-electron chi connectivity index (χ3n) is 5.63. The number of piperidine rings is 2. The molecular weight excluding hydrogens is 404 g/mol. The molecule has 2 amide bonds. The molecule has 1 aromatic carbocycles. The van der Waals surface area contributed by atoms with Crippen molar-refractivity contribution < 1.29 is 14.0 Å². The SMILES string of the molecule is Cl.O=C(Nc1ccc(F)c(Cl)c1)C1CCN(C(=O)CCC2CCNCC2)CC1. The van der Waals surface area contributed by atoms with Gasteiger partial charge in [-0.3, -0.25) is 9.59 Å². The zero-order chi connectivity index (χ0) is 19.2. The molecule has 0 atom stereocenters. The number of likely N-dealkylation sites (tertiary alicyclic amines) is 1. The minimum atomic E-state index is -0.508. The monoisotopic (exact) mass is 431 g/mol. The molecule has 156 valence electrons. The Morgan fingerprint density at radius 1 is 1.18 bits per heavy atom. The van der Waals surface area contributed by atoms with Crippen LogP contribution in [0.25, 0.3) is 0 Å². The number of nitrogens with one attached hydrogen (secondary N) is 2. The predicted molar refractivity (Wildman–Crippen MR) is 111 cm³/mol. The first-order chi connectivity index (χ1) is 13.0. The molecule has 0 aromatic heterocycles. The van der Waals surface area contributed by atoms with E-state index in [1.54, 1.807) is 0 Å². The highest BCUT2D eigenvalue weighted by Gasteiger charge is 2.27. The van der Waals surface area contributed by atoms with E-state index in [4.69, 9.17) is 11.6 Å². The van der Waals surface area contributed by atoms with Gasteiger partial charge in [0.25, 0.3) is 0 Å². The molecule has 0 spiro atoms. The minimum Gasteiger partial charge on any atom is -0.343 e. The first kappa shape index (κ1) is 22.9. The van der Waals surface area contributed by atoms with Crippen molar-refractivity contribution in [1.82, 2.24) is 10.2 Å². The zero-order valence-corrected chi connectivity index (χ0v) is 17.5. The predicted octanol–water partition coefficient (Wildman–Crippen LogP) is 3.86. The molecule has 0 saturated carbocycles. The molecule has 2 fully saturated rings. The molecule has 2 heterocycles. The standard InChI is InChI=1S/C20H27ClFN3O2.ClH/c21-17-13-16(2-3-18(17)22)24-20(27)15-7-11-25(12-8-15)19(26)4-1-14-5-9-23-10-6-14;/h2-3,13-15,23H,1,4-12H2,(H,24,27);1H. The van der Waals surface area contributed by atoms with Crippen molar-refractivity contribution in [3.63, 3.8) is 0 Å². The van der Waals surface area contributed by atoms with Crippen LogP contribution >= 0.6 is 24.0 Å². The number of carbonyl (C=O) groups excluding carboxylic acids is 2. The number of halogens is 3. The van der Waals surface area contributed by atoms with Gasteiger partial charge in [-0.25, -0.2) is 4.39 Å². The molecular formula is C20H28Cl2FN3O2. The second kappa shape index (κ2) is 11.0. The Morgan fingerprint density at radius 2 is 1.86 bits per heavy atom. The van der Waals surface area contributed by atoms with Crippen molar-refractivity contribution in [2.24, 2.45) is 11.8 Å². The van der Waals surface area contributed by atoms with Gasteiger partial charge in [0.1, 0.15) is 5.82 Å². The molecule has 2 aliphatic rings. The van der Waals surface area contributed by atoms with E-state index in [0.29, 0.717) is 44.0 Å². The van der Waals surface area contributed by atoms with Crippen LogP contribution in [0.4, 0.5) is 10.1 Å². The first-order valence-corrected chi connectivity index (χ1v) is 10.1. The number of anilines is 1. The van der Waals surface area contributed by atoms with E-state index in [0.717, 1.165) is 32.4 Å². The second-order valence-electron chi connectivity index (χ2n) is 7.51. The van der Waals surface area contributed by atoms with Crippen molar-refractivity contribution in [3.8, 4) is 0 Å². The van der Waals surface area contributed by atoms with Crippen LogP contribution in [-0.4, -0.2) is 42.9 Å². The van der Waals surface area contributed by atoms with Gasteiger partial charge in [-0.2, -0.15) is 0 Å². The van der Waals surface area contributed by atoms with E-state index >= 15 is 0 Å². The van der Waals surface area contributed by atoms with Crippen molar-refractivity contribution in [3.05, 3.63) is 29.0 Å². The summed E-state index contributed by atoms with van der Waals surface area (Å²) in [5, 5.41) is 6.13. The molecule has 8 heteroatoms. The Morgan fingerprint density at radius 3 is 2.50 bits per heavy atom. The average Bonchev–Trinajstić information content (AvgIpc) is 2.70. The van der Waals surface area contributed by atoms with Gasteiger partial charge in [0, 0.05) is 31.1 Å². The molecule has 2 aliphatic heterocycles. The van der Waals surface area contributed by atoms with Crippen LogP contribution in [0.15, 0.2) is 18.2 Å². The number of hydrogen-bond acceptors (Lipinski definition) is 3. The lowest BCUT2D eigenvalue weighted by atomic mass is 9.92. The van der Waals surface area contributed by atoms with Gasteiger partial charge < -0.3 is 15.5 Å². The molecule has 2 saturated heterocycles. The van der Waals surface area contributed by atoms with Gasteiger partial charge in [-0.1, -0.05) is 11.6 Å². The lowest BCUT2D eigenvalue weighted by Crippen LogP contribution is -2.41. The molecule has 28 heavy (non-hydrogen) atoms. The summed E-state index contributed by atoms with van der Waals surface area (Å²) in [6.07, 6.45) is 5.19. The summed E-state index contributed by atoms with van der Waals surface area (Å²) in [5.41, 5.74) is 0.492. The Kier molecular flexibility index (Phi) is 8.99. The summed E-state index contributed by atoms with van der Waals surface area (Å²) in [5.74, 6) is 0.117. The molecule has 3 rings (SSSR count). The number of benzene rings is 1. The summed E-state index contributed by atoms with van der Waals surface area (Å²) in [6, 6.07) is 4.15. The highest BCUT2D eigenvalue weighted by Crippen LogP contribution is 2.24. The smallest absolute Gasteiger partial charge is 0.227 e. The van der Waals surface area contributed by atoms with Crippen molar-refractivity contribution in [2.75, 3.05) is 31.5 Å². The van der Waals surface area contributed by atoms with Gasteiger partial charge in [0.2, 0.25) is 11.8 Å². The van der Waals surface area contributed by atoms with E-state index < -0.39 is 5.82 Å². The molecule has 1 aromatic rings. The largest absolute Gasteiger partial charge is 0.343 e. The summed E-state index contributed by atoms with van der Waals surface area (Å²) >= 11 is 5.75. The van der Waals surface area contributed by atoms with Crippen molar-refractivity contribution >= 4 is 41.5 Å². The van der Waals surface area contributed by atoms with Crippen molar-refractivity contribution in [2.45, 2.75) is 38.5 Å². The summed E-state index contributed by atoms with van der Waals surface area (Å²) in [6.45, 7) is 3.35. The lowest BCUT2D eigenvalue weighted by Gasteiger charge is -2.32. The van der Waals surface area contributed by atoms with Crippen molar-refractivity contribution in [1.29, 1.82) is 0 Å².